The number of H-pyrrole nitrogens is 2. The number of hydrogen-bond acceptors (Lipinski definition) is 7. The molecule has 8 nitrogen and oxygen atoms in total. The van der Waals surface area contributed by atoms with Gasteiger partial charge in [-0.15, -0.1) is 0 Å². The maximum Gasteiger partial charge on any atom is 0.280 e. The fourth-order valence-electron chi connectivity index (χ4n) is 1.43. The van der Waals surface area contributed by atoms with Crippen LogP contribution in [0.25, 0.3) is 11.2 Å². The Balaban J connectivity index is 1.89. The number of imidazole rings is 1. The Hall–Kier alpha value is -2.29. The molecule has 0 amide bonds. The van der Waals surface area contributed by atoms with Gasteiger partial charge in [-0.05, 0) is 0 Å². The van der Waals surface area contributed by atoms with Gasteiger partial charge in [0.15, 0.2) is 16.3 Å². The van der Waals surface area contributed by atoms with E-state index in [0.29, 0.717) is 22.4 Å². The number of nitrogens with two attached hydrogens (primary N) is 1. The smallest absolute Gasteiger partial charge is 0.280 e. The summed E-state index contributed by atoms with van der Waals surface area (Å²) in [5.41, 5.74) is 5.68. The summed E-state index contributed by atoms with van der Waals surface area (Å²) in [5.74, 6) is 1.16. The van der Waals surface area contributed by atoms with Crippen molar-refractivity contribution in [2.45, 2.75) is 10.9 Å². The van der Waals surface area contributed by atoms with Gasteiger partial charge in [0.2, 0.25) is 11.8 Å². The molecule has 0 aliphatic carbocycles. The lowest BCUT2D eigenvalue weighted by atomic mass is 10.5. The number of oxazole rings is 1. The summed E-state index contributed by atoms with van der Waals surface area (Å²) >= 11 is 1.36. The number of nitrogens with zero attached hydrogens (tertiary/aromatic N) is 3. The Bertz CT molecular complexity index is 731. The Labute approximate surface area is 104 Å². The summed E-state index contributed by atoms with van der Waals surface area (Å²) in [6.07, 6.45) is 3.07. The summed E-state index contributed by atoms with van der Waals surface area (Å²) in [5, 5.41) is 0.562. The molecule has 18 heavy (non-hydrogen) atoms. The van der Waals surface area contributed by atoms with Crippen molar-refractivity contribution in [3.63, 3.8) is 0 Å². The number of nitrogen functional groups attached to an aromatic ring is 1. The first-order chi connectivity index (χ1) is 8.72. The normalized spacial score (nSPS) is 11.1. The van der Waals surface area contributed by atoms with E-state index in [-0.39, 0.29) is 17.0 Å². The molecule has 0 fully saturated rings. The van der Waals surface area contributed by atoms with Crippen LogP contribution in [0.3, 0.4) is 0 Å². The summed E-state index contributed by atoms with van der Waals surface area (Å²) in [6.45, 7) is 0. The number of thioether (sulfide) groups is 1. The molecule has 0 unspecified atom stereocenters. The molecule has 0 spiro atoms. The van der Waals surface area contributed by atoms with Crippen molar-refractivity contribution in [1.82, 2.24) is 24.9 Å². The van der Waals surface area contributed by atoms with Crippen molar-refractivity contribution in [3.8, 4) is 0 Å². The third-order valence-electron chi connectivity index (χ3n) is 2.17. The van der Waals surface area contributed by atoms with Gasteiger partial charge >= 0.3 is 0 Å². The predicted octanol–water partition coefficient (Wildman–Crippen LogP) is 0.509. The van der Waals surface area contributed by atoms with E-state index in [9.17, 15) is 4.79 Å². The largest absolute Gasteiger partial charge is 0.448 e. The van der Waals surface area contributed by atoms with Crippen LogP contribution >= 0.6 is 11.8 Å². The summed E-state index contributed by atoms with van der Waals surface area (Å²) in [4.78, 5) is 28.9. The molecule has 0 aliphatic rings. The first-order valence-corrected chi connectivity index (χ1v) is 5.97. The molecule has 0 aliphatic heterocycles. The average molecular weight is 264 g/mol. The number of aromatic amines is 2. The number of hydrogen-bond donors (Lipinski definition) is 3. The molecule has 0 bridgehead atoms. The number of fused-ring (bicyclic) bond motifs is 1. The fourth-order valence-corrected chi connectivity index (χ4v) is 2.16. The lowest BCUT2D eigenvalue weighted by Gasteiger charge is -1.91. The second kappa shape index (κ2) is 4.18. The SMILES string of the molecule is Nc1nc2[nH]c(SCc3ncco3)nc2c(=O)[nH]1. The minimum Gasteiger partial charge on any atom is -0.448 e. The minimum absolute atomic E-state index is 0.0559. The van der Waals surface area contributed by atoms with E-state index < -0.39 is 0 Å². The van der Waals surface area contributed by atoms with Crippen molar-refractivity contribution in [2.75, 3.05) is 5.73 Å². The zero-order chi connectivity index (χ0) is 12.5. The number of rotatable bonds is 3. The van der Waals surface area contributed by atoms with Crippen LogP contribution in [0.4, 0.5) is 5.95 Å². The maximum absolute atomic E-state index is 11.5. The Morgan fingerprint density at radius 2 is 2.28 bits per heavy atom. The van der Waals surface area contributed by atoms with Crippen LogP contribution in [-0.4, -0.2) is 24.9 Å². The molecule has 0 saturated carbocycles. The number of aromatic nitrogens is 5. The molecule has 3 rings (SSSR count). The number of nitrogens with one attached hydrogen (secondary N) is 2. The van der Waals surface area contributed by atoms with E-state index in [2.05, 4.69) is 24.9 Å². The van der Waals surface area contributed by atoms with Gasteiger partial charge in [-0.1, -0.05) is 11.8 Å². The van der Waals surface area contributed by atoms with Crippen LogP contribution < -0.4 is 11.3 Å². The van der Waals surface area contributed by atoms with Crippen molar-refractivity contribution in [1.29, 1.82) is 0 Å². The van der Waals surface area contributed by atoms with Crippen molar-refractivity contribution < 1.29 is 4.42 Å². The monoisotopic (exact) mass is 264 g/mol. The van der Waals surface area contributed by atoms with E-state index in [0.717, 1.165) is 0 Å². The van der Waals surface area contributed by atoms with Gasteiger partial charge in [0.1, 0.15) is 6.26 Å². The second-order valence-electron chi connectivity index (χ2n) is 3.40. The quantitative estimate of drug-likeness (QED) is 0.588. The molecular formula is C9H8N6O2S. The lowest BCUT2D eigenvalue weighted by molar-refractivity contribution is 0.517. The van der Waals surface area contributed by atoms with Gasteiger partial charge < -0.3 is 15.1 Å². The molecule has 0 radical (unpaired) electrons. The van der Waals surface area contributed by atoms with E-state index in [4.69, 9.17) is 10.2 Å². The minimum atomic E-state index is -0.364. The van der Waals surface area contributed by atoms with Crippen LogP contribution in [0.2, 0.25) is 0 Å². The van der Waals surface area contributed by atoms with Gasteiger partial charge in [-0.3, -0.25) is 9.78 Å². The maximum atomic E-state index is 11.5. The van der Waals surface area contributed by atoms with E-state index in [1.807, 2.05) is 0 Å². The molecule has 92 valence electrons. The molecule has 9 heteroatoms. The van der Waals surface area contributed by atoms with Gasteiger partial charge in [-0.2, -0.15) is 4.98 Å². The Morgan fingerprint density at radius 1 is 1.39 bits per heavy atom. The van der Waals surface area contributed by atoms with Crippen LogP contribution in [-0.2, 0) is 5.75 Å². The van der Waals surface area contributed by atoms with Crippen LogP contribution in [0, 0.1) is 0 Å². The summed E-state index contributed by atoms with van der Waals surface area (Å²) in [6, 6.07) is 0. The molecular weight excluding hydrogens is 256 g/mol. The highest BCUT2D eigenvalue weighted by Crippen LogP contribution is 2.20. The molecule has 0 saturated heterocycles. The third-order valence-corrected chi connectivity index (χ3v) is 3.03. The standard InChI is InChI=1S/C9H8N6O2S/c10-8-13-6-5(7(16)15-8)12-9(14-6)18-3-4-11-1-2-17-4/h1-2H,3H2,(H4,10,12,13,14,15,16). The van der Waals surface area contributed by atoms with E-state index in [1.165, 1.54) is 18.0 Å². The first-order valence-electron chi connectivity index (χ1n) is 4.99. The fraction of sp³-hybridized carbons (Fsp3) is 0.111. The van der Waals surface area contributed by atoms with Gasteiger partial charge in [0.05, 0.1) is 11.9 Å². The Morgan fingerprint density at radius 3 is 3.06 bits per heavy atom. The molecule has 3 aromatic rings. The van der Waals surface area contributed by atoms with Gasteiger partial charge in [-0.25, -0.2) is 9.97 Å². The zero-order valence-electron chi connectivity index (χ0n) is 9.01. The Kier molecular flexibility index (Phi) is 2.52. The summed E-state index contributed by atoms with van der Waals surface area (Å²) in [7, 11) is 0. The highest BCUT2D eigenvalue weighted by molar-refractivity contribution is 7.98. The summed E-state index contributed by atoms with van der Waals surface area (Å²) < 4.78 is 5.10. The first kappa shape index (κ1) is 10.8. The van der Waals surface area contributed by atoms with Crippen molar-refractivity contribution in [2.24, 2.45) is 0 Å². The van der Waals surface area contributed by atoms with Crippen molar-refractivity contribution >= 4 is 28.9 Å². The van der Waals surface area contributed by atoms with E-state index in [1.54, 1.807) is 6.20 Å². The third kappa shape index (κ3) is 1.95. The molecule has 4 N–H and O–H groups in total. The van der Waals surface area contributed by atoms with Crippen LogP contribution in [0.1, 0.15) is 5.89 Å². The molecule has 3 aromatic heterocycles. The highest BCUT2D eigenvalue weighted by Gasteiger charge is 2.10. The molecule has 0 aromatic carbocycles. The second-order valence-corrected chi connectivity index (χ2v) is 4.37. The zero-order valence-corrected chi connectivity index (χ0v) is 9.82. The number of anilines is 1. The van der Waals surface area contributed by atoms with Crippen LogP contribution in [0.5, 0.6) is 0 Å². The van der Waals surface area contributed by atoms with Crippen molar-refractivity contribution in [3.05, 3.63) is 28.7 Å². The lowest BCUT2D eigenvalue weighted by Crippen LogP contribution is -2.10. The highest BCUT2D eigenvalue weighted by atomic mass is 32.2. The van der Waals surface area contributed by atoms with Crippen LogP contribution in [0.15, 0.2) is 26.8 Å². The van der Waals surface area contributed by atoms with Gasteiger partial charge in [0.25, 0.3) is 5.56 Å². The average Bonchev–Trinajstić information content (AvgIpc) is 2.93. The molecule has 0 atom stereocenters. The van der Waals surface area contributed by atoms with Gasteiger partial charge in [0, 0.05) is 0 Å². The topological polar surface area (TPSA) is 126 Å². The molecule has 3 heterocycles. The van der Waals surface area contributed by atoms with E-state index >= 15 is 0 Å². The predicted molar refractivity (Wildman–Crippen MR) is 65.0 cm³/mol.